The Kier molecular flexibility index (Phi) is 3.47. The first-order chi connectivity index (χ1) is 8.66. The van der Waals surface area contributed by atoms with E-state index in [1.807, 2.05) is 23.0 Å². The fourth-order valence-electron chi connectivity index (χ4n) is 1.63. The Balaban J connectivity index is 1.97. The average Bonchev–Trinajstić information content (AvgIpc) is 2.84. The highest BCUT2D eigenvalue weighted by Crippen LogP contribution is 2.17. The van der Waals surface area contributed by atoms with Crippen LogP contribution in [0.25, 0.3) is 0 Å². The average molecular weight is 245 g/mol. The fourth-order valence-corrected chi connectivity index (χ4v) is 1.63. The molecule has 1 heterocycles. The number of nitrogen functional groups attached to an aromatic ring is 1. The summed E-state index contributed by atoms with van der Waals surface area (Å²) in [5.41, 5.74) is 12.4. The first-order valence-corrected chi connectivity index (χ1v) is 5.57. The molecule has 1 aromatic heterocycles. The summed E-state index contributed by atoms with van der Waals surface area (Å²) in [6, 6.07) is 7.00. The van der Waals surface area contributed by atoms with Gasteiger partial charge in [-0.1, -0.05) is 0 Å². The van der Waals surface area contributed by atoms with Crippen LogP contribution in [0.1, 0.15) is 10.4 Å². The number of nitrogens with one attached hydrogen (secondary N) is 1. The lowest BCUT2D eigenvalue weighted by molar-refractivity contribution is 0.100. The van der Waals surface area contributed by atoms with Crippen LogP contribution >= 0.6 is 0 Å². The van der Waals surface area contributed by atoms with E-state index in [9.17, 15) is 4.79 Å². The molecule has 1 aromatic carbocycles. The quantitative estimate of drug-likeness (QED) is 0.674. The van der Waals surface area contributed by atoms with Crippen molar-refractivity contribution >= 4 is 17.3 Å². The highest BCUT2D eigenvalue weighted by atomic mass is 16.1. The van der Waals surface area contributed by atoms with Crippen LogP contribution in [-0.4, -0.2) is 22.2 Å². The third kappa shape index (κ3) is 2.79. The third-order valence-corrected chi connectivity index (χ3v) is 2.55. The molecule has 0 radical (unpaired) electrons. The Morgan fingerprint density at radius 3 is 2.94 bits per heavy atom. The summed E-state index contributed by atoms with van der Waals surface area (Å²) in [4.78, 5) is 11.1. The molecule has 5 N–H and O–H groups in total. The predicted octanol–water partition coefficient (Wildman–Crippen LogP) is 0.676. The fraction of sp³-hybridized carbons (Fsp3) is 0.167. The molecule has 0 saturated heterocycles. The summed E-state index contributed by atoms with van der Waals surface area (Å²) in [7, 11) is 0. The highest BCUT2D eigenvalue weighted by molar-refractivity contribution is 5.98. The van der Waals surface area contributed by atoms with Gasteiger partial charge in [0.1, 0.15) is 0 Å². The minimum Gasteiger partial charge on any atom is -0.398 e. The second-order valence-corrected chi connectivity index (χ2v) is 3.86. The Labute approximate surface area is 105 Å². The van der Waals surface area contributed by atoms with E-state index in [0.717, 1.165) is 12.2 Å². The van der Waals surface area contributed by atoms with Crippen molar-refractivity contribution < 1.29 is 4.79 Å². The molecule has 0 saturated carbocycles. The van der Waals surface area contributed by atoms with Crippen molar-refractivity contribution in [2.75, 3.05) is 17.6 Å². The lowest BCUT2D eigenvalue weighted by Crippen LogP contribution is -2.15. The Morgan fingerprint density at radius 1 is 1.44 bits per heavy atom. The number of anilines is 2. The molecule has 94 valence electrons. The molecule has 0 spiro atoms. The first-order valence-electron chi connectivity index (χ1n) is 5.57. The molecule has 2 rings (SSSR count). The second-order valence-electron chi connectivity index (χ2n) is 3.86. The molecule has 0 unspecified atom stereocenters. The van der Waals surface area contributed by atoms with Crippen molar-refractivity contribution in [2.45, 2.75) is 6.54 Å². The minimum atomic E-state index is -0.525. The Bertz CT molecular complexity index is 535. The highest BCUT2D eigenvalue weighted by Gasteiger charge is 2.06. The molecule has 0 aliphatic carbocycles. The van der Waals surface area contributed by atoms with Gasteiger partial charge in [-0.15, -0.1) is 0 Å². The summed E-state index contributed by atoms with van der Waals surface area (Å²) in [5, 5.41) is 7.27. The van der Waals surface area contributed by atoms with Gasteiger partial charge in [0.25, 0.3) is 5.91 Å². The van der Waals surface area contributed by atoms with Gasteiger partial charge in [0, 0.05) is 30.3 Å². The van der Waals surface area contributed by atoms with Crippen molar-refractivity contribution in [3.63, 3.8) is 0 Å². The lowest BCUT2D eigenvalue weighted by atomic mass is 10.1. The molecule has 18 heavy (non-hydrogen) atoms. The van der Waals surface area contributed by atoms with Gasteiger partial charge in [0.05, 0.1) is 12.1 Å². The molecular formula is C12H15N5O. The number of rotatable bonds is 5. The largest absolute Gasteiger partial charge is 0.398 e. The van der Waals surface area contributed by atoms with E-state index in [2.05, 4.69) is 10.4 Å². The van der Waals surface area contributed by atoms with Gasteiger partial charge in [-0.2, -0.15) is 5.10 Å². The van der Waals surface area contributed by atoms with E-state index in [1.54, 1.807) is 18.3 Å². The van der Waals surface area contributed by atoms with Gasteiger partial charge in [-0.05, 0) is 24.3 Å². The molecule has 0 bridgehead atoms. The van der Waals surface area contributed by atoms with Crippen LogP contribution in [0, 0.1) is 0 Å². The zero-order valence-corrected chi connectivity index (χ0v) is 9.84. The normalized spacial score (nSPS) is 10.2. The molecule has 6 heteroatoms. The summed E-state index contributed by atoms with van der Waals surface area (Å²) in [6.45, 7) is 1.44. The number of hydrogen-bond donors (Lipinski definition) is 3. The van der Waals surface area contributed by atoms with E-state index < -0.39 is 5.91 Å². The van der Waals surface area contributed by atoms with Crippen LogP contribution in [0.3, 0.4) is 0 Å². The maximum Gasteiger partial charge on any atom is 0.250 e. The van der Waals surface area contributed by atoms with Gasteiger partial charge in [0.2, 0.25) is 0 Å². The maximum atomic E-state index is 11.1. The molecule has 0 aliphatic heterocycles. The van der Waals surface area contributed by atoms with Crippen LogP contribution in [-0.2, 0) is 6.54 Å². The van der Waals surface area contributed by atoms with Crippen molar-refractivity contribution in [3.05, 3.63) is 42.2 Å². The molecule has 1 amide bonds. The van der Waals surface area contributed by atoms with Crippen LogP contribution in [0.15, 0.2) is 36.7 Å². The number of benzene rings is 1. The number of carbonyl (C=O) groups excluding carboxylic acids is 1. The maximum absolute atomic E-state index is 11.1. The molecule has 0 fully saturated rings. The zero-order chi connectivity index (χ0) is 13.0. The van der Waals surface area contributed by atoms with E-state index in [0.29, 0.717) is 17.8 Å². The van der Waals surface area contributed by atoms with Crippen molar-refractivity contribution in [1.82, 2.24) is 9.78 Å². The Morgan fingerprint density at radius 2 is 2.28 bits per heavy atom. The molecule has 6 nitrogen and oxygen atoms in total. The van der Waals surface area contributed by atoms with E-state index in [4.69, 9.17) is 11.5 Å². The van der Waals surface area contributed by atoms with Gasteiger partial charge >= 0.3 is 0 Å². The smallest absolute Gasteiger partial charge is 0.250 e. The van der Waals surface area contributed by atoms with Gasteiger partial charge < -0.3 is 16.8 Å². The SMILES string of the molecule is NC(=O)c1cc(NCCn2cccn2)ccc1N. The van der Waals surface area contributed by atoms with E-state index in [-0.39, 0.29) is 0 Å². The summed E-state index contributed by atoms with van der Waals surface area (Å²) < 4.78 is 1.82. The zero-order valence-electron chi connectivity index (χ0n) is 9.84. The third-order valence-electron chi connectivity index (χ3n) is 2.55. The number of primary amides is 1. The van der Waals surface area contributed by atoms with Crippen molar-refractivity contribution in [2.24, 2.45) is 5.73 Å². The molecule has 2 aromatic rings. The topological polar surface area (TPSA) is 99.0 Å². The summed E-state index contributed by atoms with van der Waals surface area (Å²) in [6.07, 6.45) is 3.62. The number of nitrogens with zero attached hydrogens (tertiary/aromatic N) is 2. The minimum absolute atomic E-state index is 0.332. The van der Waals surface area contributed by atoms with Crippen LogP contribution in [0.2, 0.25) is 0 Å². The number of amides is 1. The standard InChI is InChI=1S/C12H15N5O/c13-11-3-2-9(8-10(11)12(14)18)15-5-7-17-6-1-4-16-17/h1-4,6,8,15H,5,7,13H2,(H2,14,18). The number of hydrogen-bond acceptors (Lipinski definition) is 4. The van der Waals surface area contributed by atoms with Gasteiger partial charge in [-0.25, -0.2) is 0 Å². The lowest BCUT2D eigenvalue weighted by Gasteiger charge is -2.09. The Hall–Kier alpha value is -2.50. The van der Waals surface area contributed by atoms with Crippen molar-refractivity contribution in [3.8, 4) is 0 Å². The monoisotopic (exact) mass is 245 g/mol. The molecule has 0 atom stereocenters. The van der Waals surface area contributed by atoms with E-state index >= 15 is 0 Å². The summed E-state index contributed by atoms with van der Waals surface area (Å²) in [5.74, 6) is -0.525. The van der Waals surface area contributed by atoms with Gasteiger partial charge in [0.15, 0.2) is 0 Å². The van der Waals surface area contributed by atoms with E-state index in [1.165, 1.54) is 0 Å². The van der Waals surface area contributed by atoms with Crippen LogP contribution < -0.4 is 16.8 Å². The first kappa shape index (κ1) is 12.0. The number of nitrogens with two attached hydrogens (primary N) is 2. The summed E-state index contributed by atoms with van der Waals surface area (Å²) >= 11 is 0. The predicted molar refractivity (Wildman–Crippen MR) is 70.1 cm³/mol. The number of carbonyl (C=O) groups is 1. The molecular weight excluding hydrogens is 230 g/mol. The van der Waals surface area contributed by atoms with Crippen LogP contribution in [0.4, 0.5) is 11.4 Å². The number of aromatic nitrogens is 2. The van der Waals surface area contributed by atoms with Gasteiger partial charge in [-0.3, -0.25) is 9.48 Å². The molecule has 0 aliphatic rings. The second kappa shape index (κ2) is 5.22. The van der Waals surface area contributed by atoms with Crippen molar-refractivity contribution in [1.29, 1.82) is 0 Å². The van der Waals surface area contributed by atoms with Crippen LogP contribution in [0.5, 0.6) is 0 Å².